The predicted molar refractivity (Wildman–Crippen MR) is 98.0 cm³/mol. The van der Waals surface area contributed by atoms with Crippen LogP contribution in [0.25, 0.3) is 11.1 Å². The van der Waals surface area contributed by atoms with Gasteiger partial charge in [-0.25, -0.2) is 4.79 Å². The Labute approximate surface area is 140 Å². The Bertz CT molecular complexity index is 603. The van der Waals surface area contributed by atoms with E-state index in [1.54, 1.807) is 12.1 Å². The molecule has 2 nitrogen and oxygen atoms in total. The van der Waals surface area contributed by atoms with Gasteiger partial charge in [0.15, 0.2) is 0 Å². The summed E-state index contributed by atoms with van der Waals surface area (Å²) in [6, 6.07) is 15.7. The normalized spacial score (nSPS) is 10.7. The predicted octanol–water partition coefficient (Wildman–Crippen LogP) is 6.20. The van der Waals surface area contributed by atoms with Gasteiger partial charge in [-0.3, -0.25) is 0 Å². The maximum absolute atomic E-state index is 10.9. The first-order valence-electron chi connectivity index (χ1n) is 8.63. The van der Waals surface area contributed by atoms with Crippen LogP contribution in [0.1, 0.15) is 62.8 Å². The summed E-state index contributed by atoms with van der Waals surface area (Å²) in [5.41, 5.74) is 3.90. The van der Waals surface area contributed by atoms with Crippen LogP contribution in [-0.4, -0.2) is 11.1 Å². The quantitative estimate of drug-likeness (QED) is 0.560. The second-order valence-electron chi connectivity index (χ2n) is 6.10. The fourth-order valence-electron chi connectivity index (χ4n) is 2.78. The molecule has 0 aliphatic rings. The van der Waals surface area contributed by atoms with Gasteiger partial charge in [0.2, 0.25) is 0 Å². The third-order valence-corrected chi connectivity index (χ3v) is 4.24. The van der Waals surface area contributed by atoms with Gasteiger partial charge in [0.25, 0.3) is 0 Å². The van der Waals surface area contributed by atoms with Gasteiger partial charge >= 0.3 is 5.97 Å². The van der Waals surface area contributed by atoms with Gasteiger partial charge in [-0.2, -0.15) is 0 Å². The molecule has 2 heteroatoms. The number of aryl methyl sites for hydroxylation is 1. The third-order valence-electron chi connectivity index (χ3n) is 4.24. The molecule has 0 aliphatic carbocycles. The van der Waals surface area contributed by atoms with Crippen molar-refractivity contribution in [3.05, 3.63) is 59.7 Å². The number of hydrogen-bond donors (Lipinski definition) is 1. The van der Waals surface area contributed by atoms with Crippen LogP contribution in [0.5, 0.6) is 0 Å². The summed E-state index contributed by atoms with van der Waals surface area (Å²) in [7, 11) is 0. The molecular formula is C21H28O2. The fourth-order valence-corrected chi connectivity index (χ4v) is 2.78. The molecule has 2 aromatic rings. The average molecular weight is 312 g/mol. The summed E-state index contributed by atoms with van der Waals surface area (Å²) < 4.78 is 0. The van der Waals surface area contributed by atoms with Crippen LogP contribution >= 0.6 is 0 Å². The first-order chi connectivity index (χ1) is 11.2. The lowest BCUT2D eigenvalue weighted by Gasteiger charge is -2.05. The zero-order valence-corrected chi connectivity index (χ0v) is 13.9. The molecule has 2 aromatic carbocycles. The minimum absolute atomic E-state index is 0. The largest absolute Gasteiger partial charge is 0.478 e. The van der Waals surface area contributed by atoms with Gasteiger partial charge in [0.05, 0.1) is 5.56 Å². The molecule has 0 spiro atoms. The highest BCUT2D eigenvalue weighted by atomic mass is 16.4. The zero-order chi connectivity index (χ0) is 16.5. The van der Waals surface area contributed by atoms with Crippen LogP contribution in [-0.2, 0) is 6.42 Å². The summed E-state index contributed by atoms with van der Waals surface area (Å²) in [6.07, 6.45) is 9.09. The lowest BCUT2D eigenvalue weighted by molar-refractivity contribution is 0.0697. The van der Waals surface area contributed by atoms with Gasteiger partial charge in [0.1, 0.15) is 0 Å². The van der Waals surface area contributed by atoms with Crippen LogP contribution in [0, 0.1) is 0 Å². The molecule has 0 saturated heterocycles. The van der Waals surface area contributed by atoms with Crippen molar-refractivity contribution in [2.75, 3.05) is 0 Å². The second kappa shape index (κ2) is 9.14. The van der Waals surface area contributed by atoms with Gasteiger partial charge in [-0.1, -0.05) is 75.4 Å². The topological polar surface area (TPSA) is 37.3 Å². The van der Waals surface area contributed by atoms with Gasteiger partial charge in [-0.15, -0.1) is 0 Å². The Morgan fingerprint density at radius 2 is 1.35 bits per heavy atom. The molecule has 0 radical (unpaired) electrons. The van der Waals surface area contributed by atoms with Crippen molar-refractivity contribution < 1.29 is 11.3 Å². The average Bonchev–Trinajstić information content (AvgIpc) is 2.58. The Morgan fingerprint density at radius 1 is 0.826 bits per heavy atom. The SMILES string of the molecule is CCCCCCCCc1ccc(-c2ccc(C(=O)O)cc2)cc1.[HH]. The number of carbonyl (C=O) groups is 1. The smallest absolute Gasteiger partial charge is 0.335 e. The molecular weight excluding hydrogens is 284 g/mol. The molecule has 0 heterocycles. The maximum atomic E-state index is 10.9. The summed E-state index contributed by atoms with van der Waals surface area (Å²) in [5, 5.41) is 8.93. The van der Waals surface area contributed by atoms with E-state index in [0.717, 1.165) is 17.5 Å². The van der Waals surface area contributed by atoms with E-state index in [2.05, 4.69) is 31.2 Å². The zero-order valence-electron chi connectivity index (χ0n) is 13.9. The van der Waals surface area contributed by atoms with Crippen LogP contribution in [0.15, 0.2) is 48.5 Å². The summed E-state index contributed by atoms with van der Waals surface area (Å²) in [6.45, 7) is 2.25. The standard InChI is InChI=1S/C21H26O2.H2/c1-2-3-4-5-6-7-8-17-9-11-18(12-10-17)19-13-15-20(16-14-19)21(22)23;/h9-16H,2-8H2,1H3,(H,22,23);1H. The van der Waals surface area contributed by atoms with Gasteiger partial charge in [-0.05, 0) is 41.7 Å². The highest BCUT2D eigenvalue weighted by Crippen LogP contribution is 2.21. The fraction of sp³-hybridized carbons (Fsp3) is 0.381. The van der Waals surface area contributed by atoms with Crippen LogP contribution in [0.2, 0.25) is 0 Å². The van der Waals surface area contributed by atoms with E-state index in [-0.39, 0.29) is 1.43 Å². The molecule has 1 N–H and O–H groups in total. The monoisotopic (exact) mass is 312 g/mol. The van der Waals surface area contributed by atoms with Crippen molar-refractivity contribution in [2.24, 2.45) is 0 Å². The van der Waals surface area contributed by atoms with Gasteiger partial charge < -0.3 is 5.11 Å². The van der Waals surface area contributed by atoms with E-state index < -0.39 is 5.97 Å². The van der Waals surface area contributed by atoms with E-state index >= 15 is 0 Å². The number of rotatable bonds is 9. The van der Waals surface area contributed by atoms with Gasteiger partial charge in [0, 0.05) is 1.43 Å². The van der Waals surface area contributed by atoms with Crippen molar-refractivity contribution in [1.82, 2.24) is 0 Å². The molecule has 0 fully saturated rings. The highest BCUT2D eigenvalue weighted by molar-refractivity contribution is 5.88. The van der Waals surface area contributed by atoms with Crippen molar-refractivity contribution >= 4 is 5.97 Å². The summed E-state index contributed by atoms with van der Waals surface area (Å²) in [5.74, 6) is -0.883. The van der Waals surface area contributed by atoms with E-state index in [1.165, 1.54) is 44.1 Å². The Balaban J connectivity index is 0.00000288. The molecule has 0 aliphatic heterocycles. The number of aromatic carboxylic acids is 1. The summed E-state index contributed by atoms with van der Waals surface area (Å²) >= 11 is 0. The van der Waals surface area contributed by atoms with E-state index in [9.17, 15) is 4.79 Å². The van der Waals surface area contributed by atoms with Crippen LogP contribution < -0.4 is 0 Å². The number of unbranched alkanes of at least 4 members (excludes halogenated alkanes) is 5. The number of carboxylic acid groups (broad SMARTS) is 1. The Kier molecular flexibility index (Phi) is 6.86. The lowest BCUT2D eigenvalue weighted by atomic mass is 10.00. The van der Waals surface area contributed by atoms with Crippen molar-refractivity contribution in [1.29, 1.82) is 0 Å². The molecule has 23 heavy (non-hydrogen) atoms. The van der Waals surface area contributed by atoms with Crippen LogP contribution in [0.4, 0.5) is 0 Å². The summed E-state index contributed by atoms with van der Waals surface area (Å²) in [4.78, 5) is 10.9. The Morgan fingerprint density at radius 3 is 1.91 bits per heavy atom. The van der Waals surface area contributed by atoms with E-state index in [4.69, 9.17) is 5.11 Å². The molecule has 0 bridgehead atoms. The van der Waals surface area contributed by atoms with Crippen molar-refractivity contribution in [2.45, 2.75) is 51.9 Å². The molecule has 0 aromatic heterocycles. The molecule has 124 valence electrons. The Hall–Kier alpha value is -2.09. The maximum Gasteiger partial charge on any atom is 0.335 e. The first kappa shape index (κ1) is 17.3. The number of hydrogen-bond acceptors (Lipinski definition) is 1. The van der Waals surface area contributed by atoms with Crippen LogP contribution in [0.3, 0.4) is 0 Å². The minimum Gasteiger partial charge on any atom is -0.478 e. The van der Waals surface area contributed by atoms with Crippen molar-refractivity contribution in [3.8, 4) is 11.1 Å². The molecule has 0 atom stereocenters. The molecule has 0 saturated carbocycles. The second-order valence-corrected chi connectivity index (χ2v) is 6.10. The molecule has 2 rings (SSSR count). The molecule has 0 amide bonds. The van der Waals surface area contributed by atoms with E-state index in [0.29, 0.717) is 5.56 Å². The minimum atomic E-state index is -0.883. The lowest BCUT2D eigenvalue weighted by Crippen LogP contribution is -1.95. The molecule has 0 unspecified atom stereocenters. The van der Waals surface area contributed by atoms with Crippen molar-refractivity contribution in [3.63, 3.8) is 0 Å². The first-order valence-corrected chi connectivity index (χ1v) is 8.63. The highest BCUT2D eigenvalue weighted by Gasteiger charge is 2.03. The number of carboxylic acids is 1. The third kappa shape index (κ3) is 5.55. The van der Waals surface area contributed by atoms with E-state index in [1.807, 2.05) is 12.1 Å². The number of benzene rings is 2.